The lowest BCUT2D eigenvalue weighted by atomic mass is 10.1. The number of rotatable bonds is 8. The maximum Gasteiger partial charge on any atom is 0.248 e. The molecule has 2 aromatic rings. The second kappa shape index (κ2) is 8.47. The molecule has 1 atom stereocenters. The molecule has 0 aromatic heterocycles. The van der Waals surface area contributed by atoms with Gasteiger partial charge in [-0.3, -0.25) is 4.79 Å². The molecule has 24 heavy (non-hydrogen) atoms. The Hall–Kier alpha value is -2.37. The number of aliphatic hydroxyl groups is 1. The van der Waals surface area contributed by atoms with Crippen LogP contribution in [0.2, 0.25) is 0 Å². The van der Waals surface area contributed by atoms with Crippen molar-refractivity contribution >= 4 is 5.91 Å². The number of benzene rings is 2. The maximum atomic E-state index is 11.0. The van der Waals surface area contributed by atoms with Crippen LogP contribution in [-0.2, 0) is 6.42 Å². The van der Waals surface area contributed by atoms with Crippen LogP contribution in [-0.4, -0.2) is 41.2 Å². The van der Waals surface area contributed by atoms with Gasteiger partial charge in [-0.25, -0.2) is 0 Å². The third kappa shape index (κ3) is 5.37. The van der Waals surface area contributed by atoms with Gasteiger partial charge in [0.1, 0.15) is 5.75 Å². The molecule has 0 radical (unpaired) electrons. The van der Waals surface area contributed by atoms with Gasteiger partial charge in [0.15, 0.2) is 0 Å². The summed E-state index contributed by atoms with van der Waals surface area (Å²) in [5, 5.41) is 19.5. The maximum absolute atomic E-state index is 11.0. The number of hydrogen-bond donors (Lipinski definition) is 3. The first kappa shape index (κ1) is 18.0. The van der Waals surface area contributed by atoms with E-state index in [0.29, 0.717) is 12.1 Å². The molecule has 0 bridgehead atoms. The highest BCUT2D eigenvalue weighted by atomic mass is 16.3. The summed E-state index contributed by atoms with van der Waals surface area (Å²) in [6.07, 6.45) is 1.28. The predicted molar refractivity (Wildman–Crippen MR) is 93.8 cm³/mol. The Kier molecular flexibility index (Phi) is 6.35. The van der Waals surface area contributed by atoms with Gasteiger partial charge in [-0.15, -0.1) is 0 Å². The minimum absolute atomic E-state index is 0.196. The molecule has 0 aliphatic heterocycles. The van der Waals surface area contributed by atoms with Crippen molar-refractivity contribution in [1.29, 1.82) is 0 Å². The van der Waals surface area contributed by atoms with Crippen molar-refractivity contribution < 1.29 is 15.0 Å². The number of nitrogens with zero attached hydrogens (tertiary/aromatic N) is 1. The van der Waals surface area contributed by atoms with Crippen LogP contribution in [0.25, 0.3) is 0 Å². The third-order valence-corrected chi connectivity index (χ3v) is 4.01. The van der Waals surface area contributed by atoms with E-state index < -0.39 is 12.0 Å². The van der Waals surface area contributed by atoms with Crippen LogP contribution in [0.15, 0.2) is 48.5 Å². The van der Waals surface area contributed by atoms with Crippen molar-refractivity contribution in [2.24, 2.45) is 5.73 Å². The molecule has 0 unspecified atom stereocenters. The van der Waals surface area contributed by atoms with Gasteiger partial charge >= 0.3 is 0 Å². The minimum Gasteiger partial charge on any atom is -0.508 e. The van der Waals surface area contributed by atoms with Crippen molar-refractivity contribution in [2.75, 3.05) is 20.1 Å². The number of carbonyl (C=O) groups is 1. The monoisotopic (exact) mass is 328 g/mol. The summed E-state index contributed by atoms with van der Waals surface area (Å²) in [5.74, 6) is -0.217. The van der Waals surface area contributed by atoms with Gasteiger partial charge in [0.25, 0.3) is 0 Å². The lowest BCUT2D eigenvalue weighted by Gasteiger charge is -2.20. The Balaban J connectivity index is 1.75. The Morgan fingerprint density at radius 2 is 1.75 bits per heavy atom. The molecule has 0 heterocycles. The number of aromatic hydroxyl groups is 1. The quantitative estimate of drug-likeness (QED) is 0.692. The number of nitrogens with two attached hydrogens (primary N) is 1. The number of aryl methyl sites for hydroxylation is 1. The summed E-state index contributed by atoms with van der Waals surface area (Å²) in [6.45, 7) is 1.39. The smallest absolute Gasteiger partial charge is 0.248 e. The summed E-state index contributed by atoms with van der Waals surface area (Å²) < 4.78 is 0. The number of likely N-dealkylation sites (N-methyl/N-ethyl adjacent to an activating group) is 1. The highest BCUT2D eigenvalue weighted by Gasteiger charge is 2.10. The molecule has 0 saturated carbocycles. The lowest BCUT2D eigenvalue weighted by molar-refractivity contribution is 0.1000. The number of amides is 1. The summed E-state index contributed by atoms with van der Waals surface area (Å²) in [6, 6.07) is 14.0. The number of aliphatic hydroxyl groups excluding tert-OH is 1. The van der Waals surface area contributed by atoms with E-state index in [-0.39, 0.29) is 5.75 Å². The fourth-order valence-corrected chi connectivity index (χ4v) is 2.58. The lowest BCUT2D eigenvalue weighted by Crippen LogP contribution is -2.26. The van der Waals surface area contributed by atoms with Gasteiger partial charge in [0, 0.05) is 12.1 Å². The largest absolute Gasteiger partial charge is 0.508 e. The minimum atomic E-state index is -0.578. The van der Waals surface area contributed by atoms with Crippen LogP contribution in [0.5, 0.6) is 5.75 Å². The first-order valence-corrected chi connectivity index (χ1v) is 8.00. The van der Waals surface area contributed by atoms with Crippen LogP contribution >= 0.6 is 0 Å². The first-order chi connectivity index (χ1) is 11.5. The molecule has 2 aromatic carbocycles. The first-order valence-electron chi connectivity index (χ1n) is 8.00. The summed E-state index contributed by atoms with van der Waals surface area (Å²) in [4.78, 5) is 13.1. The highest BCUT2D eigenvalue weighted by Crippen LogP contribution is 2.17. The Morgan fingerprint density at radius 1 is 1.12 bits per heavy atom. The third-order valence-electron chi connectivity index (χ3n) is 4.01. The van der Waals surface area contributed by atoms with E-state index in [1.807, 2.05) is 19.2 Å². The predicted octanol–water partition coefficient (Wildman–Crippen LogP) is 2.09. The van der Waals surface area contributed by atoms with Gasteiger partial charge in [0.05, 0.1) is 6.10 Å². The Labute approximate surface area is 142 Å². The van der Waals surface area contributed by atoms with Gasteiger partial charge in [0.2, 0.25) is 5.91 Å². The molecule has 1 amide bonds. The number of phenols is 1. The van der Waals surface area contributed by atoms with E-state index >= 15 is 0 Å². The molecule has 0 aliphatic rings. The van der Waals surface area contributed by atoms with E-state index in [0.717, 1.165) is 30.5 Å². The van der Waals surface area contributed by atoms with Crippen molar-refractivity contribution in [3.63, 3.8) is 0 Å². The van der Waals surface area contributed by atoms with E-state index in [1.54, 1.807) is 36.4 Å². The number of hydrogen-bond acceptors (Lipinski definition) is 4. The van der Waals surface area contributed by atoms with Gasteiger partial charge in [-0.1, -0.05) is 24.3 Å². The van der Waals surface area contributed by atoms with E-state index in [2.05, 4.69) is 4.90 Å². The average Bonchev–Trinajstić information content (AvgIpc) is 2.55. The molecular formula is C19H24N2O3. The second-order valence-corrected chi connectivity index (χ2v) is 6.03. The van der Waals surface area contributed by atoms with Crippen LogP contribution < -0.4 is 5.73 Å². The molecule has 5 nitrogen and oxygen atoms in total. The fraction of sp³-hybridized carbons (Fsp3) is 0.316. The van der Waals surface area contributed by atoms with E-state index in [4.69, 9.17) is 5.73 Å². The van der Waals surface area contributed by atoms with Crippen molar-refractivity contribution in [3.05, 3.63) is 65.2 Å². The molecule has 2 rings (SSSR count). The SMILES string of the molecule is CN(CCCc1ccc(C(N)=O)cc1)C[C@H](O)c1ccc(O)cc1. The van der Waals surface area contributed by atoms with Gasteiger partial charge < -0.3 is 20.8 Å². The van der Waals surface area contributed by atoms with Crippen LogP contribution in [0.3, 0.4) is 0 Å². The van der Waals surface area contributed by atoms with Gasteiger partial charge in [-0.05, 0) is 61.8 Å². The molecule has 0 saturated heterocycles. The van der Waals surface area contributed by atoms with Gasteiger partial charge in [-0.2, -0.15) is 0 Å². The second-order valence-electron chi connectivity index (χ2n) is 6.03. The molecule has 5 heteroatoms. The molecule has 128 valence electrons. The zero-order valence-electron chi connectivity index (χ0n) is 13.9. The Bertz CT molecular complexity index is 653. The normalized spacial score (nSPS) is 12.3. The number of carbonyl (C=O) groups excluding carboxylic acids is 1. The van der Waals surface area contributed by atoms with E-state index in [9.17, 15) is 15.0 Å². The zero-order chi connectivity index (χ0) is 17.5. The highest BCUT2D eigenvalue weighted by molar-refractivity contribution is 5.92. The average molecular weight is 328 g/mol. The zero-order valence-corrected chi connectivity index (χ0v) is 13.9. The van der Waals surface area contributed by atoms with Crippen molar-refractivity contribution in [2.45, 2.75) is 18.9 Å². The fourth-order valence-electron chi connectivity index (χ4n) is 2.58. The molecular weight excluding hydrogens is 304 g/mol. The van der Waals surface area contributed by atoms with Crippen LogP contribution in [0.1, 0.15) is 34.0 Å². The van der Waals surface area contributed by atoms with Crippen molar-refractivity contribution in [1.82, 2.24) is 4.90 Å². The summed E-state index contributed by atoms with van der Waals surface area (Å²) in [7, 11) is 1.97. The molecule has 0 fully saturated rings. The molecule has 0 aliphatic carbocycles. The standard InChI is InChI=1S/C19H24N2O3/c1-21(13-18(23)15-8-10-17(22)11-9-15)12-2-3-14-4-6-16(7-5-14)19(20)24/h4-11,18,22-23H,2-3,12-13H2,1H3,(H2,20,24)/t18-/m0/s1. The molecule has 4 N–H and O–H groups in total. The topological polar surface area (TPSA) is 86.8 Å². The number of phenolic OH excluding ortho intramolecular Hbond substituents is 1. The van der Waals surface area contributed by atoms with E-state index in [1.165, 1.54) is 0 Å². The summed E-state index contributed by atoms with van der Waals surface area (Å²) >= 11 is 0. The van der Waals surface area contributed by atoms with Crippen molar-refractivity contribution in [3.8, 4) is 5.75 Å². The Morgan fingerprint density at radius 3 is 2.33 bits per heavy atom. The molecule has 0 spiro atoms. The summed E-state index contributed by atoms with van der Waals surface area (Å²) in [5.41, 5.74) is 7.70. The van der Waals surface area contributed by atoms with Crippen LogP contribution in [0, 0.1) is 0 Å². The number of primary amides is 1. The van der Waals surface area contributed by atoms with Crippen LogP contribution in [0.4, 0.5) is 0 Å².